The largest absolute Gasteiger partial charge is 0.392 e. The molecule has 1 aromatic carbocycles. The highest BCUT2D eigenvalue weighted by atomic mass is 35.5. The van der Waals surface area contributed by atoms with Gasteiger partial charge in [0.2, 0.25) is 5.91 Å². The molecule has 3 N–H and O–H groups in total. The number of nitrogens with two attached hydrogens (primary N) is 1. The summed E-state index contributed by atoms with van der Waals surface area (Å²) in [4.78, 5) is 13.0. The fourth-order valence-corrected chi connectivity index (χ4v) is 2.05. The number of halogens is 1. The minimum absolute atomic E-state index is 0.132. The summed E-state index contributed by atoms with van der Waals surface area (Å²) in [5.74, 6) is -0.394. The molecule has 4 nitrogen and oxygen atoms in total. The second-order valence-electron chi connectivity index (χ2n) is 4.14. The fourth-order valence-electron chi connectivity index (χ4n) is 1.82. The fraction of sp³-hybridized carbons (Fsp3) is 0.462. The van der Waals surface area contributed by atoms with Crippen LogP contribution in [0.1, 0.15) is 25.3 Å². The third kappa shape index (κ3) is 3.89. The number of hydrogen-bond donors (Lipinski definition) is 2. The van der Waals surface area contributed by atoms with Crippen LogP contribution in [0.15, 0.2) is 18.2 Å². The van der Waals surface area contributed by atoms with E-state index in [0.717, 1.165) is 18.5 Å². The first-order valence-electron chi connectivity index (χ1n) is 6.01. The van der Waals surface area contributed by atoms with Gasteiger partial charge in [0.05, 0.1) is 13.2 Å². The molecule has 0 unspecified atom stereocenters. The molecule has 100 valence electrons. The molecule has 0 spiro atoms. The summed E-state index contributed by atoms with van der Waals surface area (Å²) in [6.07, 6.45) is 1.97. The molecule has 0 aliphatic carbocycles. The number of carbonyl (C=O) groups excluding carboxylic acids is 1. The van der Waals surface area contributed by atoms with E-state index in [1.807, 2.05) is 11.0 Å². The highest BCUT2D eigenvalue weighted by Gasteiger charge is 2.14. The molecule has 0 aliphatic rings. The van der Waals surface area contributed by atoms with Crippen molar-refractivity contribution in [1.29, 1.82) is 0 Å². The van der Waals surface area contributed by atoms with E-state index < -0.39 is 5.91 Å². The van der Waals surface area contributed by atoms with Crippen LogP contribution in [0.25, 0.3) is 0 Å². The van der Waals surface area contributed by atoms with E-state index in [4.69, 9.17) is 17.3 Å². The number of rotatable bonds is 7. The van der Waals surface area contributed by atoms with Gasteiger partial charge in [0.15, 0.2) is 0 Å². The van der Waals surface area contributed by atoms with Crippen molar-refractivity contribution in [2.75, 3.05) is 18.0 Å². The van der Waals surface area contributed by atoms with E-state index in [2.05, 4.69) is 6.92 Å². The molecule has 0 bridgehead atoms. The van der Waals surface area contributed by atoms with Crippen molar-refractivity contribution in [1.82, 2.24) is 0 Å². The van der Waals surface area contributed by atoms with Gasteiger partial charge >= 0.3 is 0 Å². The maximum absolute atomic E-state index is 11.1. The van der Waals surface area contributed by atoms with Gasteiger partial charge in [-0.2, -0.15) is 0 Å². The molecule has 0 aliphatic heterocycles. The van der Waals surface area contributed by atoms with Gasteiger partial charge in [-0.05, 0) is 18.6 Å². The molecule has 0 radical (unpaired) electrons. The van der Waals surface area contributed by atoms with Gasteiger partial charge < -0.3 is 15.7 Å². The summed E-state index contributed by atoms with van der Waals surface area (Å²) < 4.78 is 0. The number of amides is 1. The minimum Gasteiger partial charge on any atom is -0.392 e. The molecule has 0 atom stereocenters. The van der Waals surface area contributed by atoms with Crippen molar-refractivity contribution in [2.24, 2.45) is 5.73 Å². The summed E-state index contributed by atoms with van der Waals surface area (Å²) in [5, 5.41) is 9.88. The number of hydrogen-bond acceptors (Lipinski definition) is 3. The zero-order chi connectivity index (χ0) is 13.5. The SMILES string of the molecule is CCCCN(CC(N)=O)c1cccc(Cl)c1CO. The third-order valence-electron chi connectivity index (χ3n) is 2.72. The molecule has 0 saturated heterocycles. The number of nitrogens with zero attached hydrogens (tertiary/aromatic N) is 1. The Morgan fingerprint density at radius 2 is 2.22 bits per heavy atom. The maximum atomic E-state index is 11.1. The summed E-state index contributed by atoms with van der Waals surface area (Å²) in [5.41, 5.74) is 6.67. The molecule has 0 heterocycles. The standard InChI is InChI=1S/C13H19ClN2O2/c1-2-3-7-16(8-13(15)18)12-6-4-5-11(14)10(12)9-17/h4-6,17H,2-3,7-9H2,1H3,(H2,15,18). The molecule has 0 saturated carbocycles. The number of aliphatic hydroxyl groups excluding tert-OH is 1. The first kappa shape index (κ1) is 14.8. The summed E-state index contributed by atoms with van der Waals surface area (Å²) in [6, 6.07) is 5.37. The lowest BCUT2D eigenvalue weighted by Gasteiger charge is -2.25. The molecule has 0 aromatic heterocycles. The van der Waals surface area contributed by atoms with Gasteiger partial charge in [0.1, 0.15) is 0 Å². The molecule has 5 heteroatoms. The molecular formula is C13H19ClN2O2. The van der Waals surface area contributed by atoms with Gasteiger partial charge in [0, 0.05) is 22.8 Å². The van der Waals surface area contributed by atoms with Crippen LogP contribution >= 0.6 is 11.6 Å². The number of carbonyl (C=O) groups is 1. The maximum Gasteiger partial charge on any atom is 0.236 e. The second-order valence-corrected chi connectivity index (χ2v) is 4.54. The summed E-state index contributed by atoms with van der Waals surface area (Å²) in [7, 11) is 0. The van der Waals surface area contributed by atoms with Gasteiger partial charge in [-0.3, -0.25) is 4.79 Å². The third-order valence-corrected chi connectivity index (χ3v) is 3.08. The van der Waals surface area contributed by atoms with E-state index in [1.165, 1.54) is 0 Å². The van der Waals surface area contributed by atoms with Gasteiger partial charge in [-0.1, -0.05) is 31.0 Å². The van der Waals surface area contributed by atoms with Crippen LogP contribution in [0.4, 0.5) is 5.69 Å². The monoisotopic (exact) mass is 270 g/mol. The smallest absolute Gasteiger partial charge is 0.236 e. The van der Waals surface area contributed by atoms with E-state index in [-0.39, 0.29) is 13.2 Å². The topological polar surface area (TPSA) is 66.6 Å². The normalized spacial score (nSPS) is 10.4. The summed E-state index contributed by atoms with van der Waals surface area (Å²) >= 11 is 6.04. The Morgan fingerprint density at radius 1 is 1.50 bits per heavy atom. The van der Waals surface area contributed by atoms with Crippen LogP contribution in [0.5, 0.6) is 0 Å². The zero-order valence-corrected chi connectivity index (χ0v) is 11.3. The lowest BCUT2D eigenvalue weighted by molar-refractivity contribution is -0.116. The Labute approximate surface area is 112 Å². The lowest BCUT2D eigenvalue weighted by Crippen LogP contribution is -2.35. The van der Waals surface area contributed by atoms with Crippen molar-refractivity contribution in [3.63, 3.8) is 0 Å². The second kappa shape index (κ2) is 7.24. The zero-order valence-electron chi connectivity index (χ0n) is 10.5. The van der Waals surface area contributed by atoms with Crippen molar-refractivity contribution in [3.05, 3.63) is 28.8 Å². The summed E-state index contributed by atoms with van der Waals surface area (Å²) in [6.45, 7) is 2.77. The number of aliphatic hydroxyl groups is 1. The number of primary amides is 1. The Hall–Kier alpha value is -1.26. The molecule has 1 amide bonds. The van der Waals surface area contributed by atoms with Crippen LogP contribution < -0.4 is 10.6 Å². The Bertz CT molecular complexity index is 410. The number of anilines is 1. The Kier molecular flexibility index (Phi) is 5.95. The predicted molar refractivity (Wildman–Crippen MR) is 73.7 cm³/mol. The van der Waals surface area contributed by atoms with Crippen molar-refractivity contribution in [3.8, 4) is 0 Å². The molecule has 0 fully saturated rings. The van der Waals surface area contributed by atoms with Gasteiger partial charge in [-0.25, -0.2) is 0 Å². The Morgan fingerprint density at radius 3 is 2.78 bits per heavy atom. The van der Waals surface area contributed by atoms with E-state index in [0.29, 0.717) is 17.1 Å². The highest BCUT2D eigenvalue weighted by Crippen LogP contribution is 2.27. The van der Waals surface area contributed by atoms with E-state index in [9.17, 15) is 9.90 Å². The van der Waals surface area contributed by atoms with Crippen LogP contribution in [-0.2, 0) is 11.4 Å². The molecular weight excluding hydrogens is 252 g/mol. The predicted octanol–water partition coefficient (Wildman–Crippen LogP) is 1.92. The van der Waals surface area contributed by atoms with Crippen LogP contribution in [0, 0.1) is 0 Å². The van der Waals surface area contributed by atoms with Crippen molar-refractivity contribution >= 4 is 23.2 Å². The van der Waals surface area contributed by atoms with Gasteiger partial charge in [-0.15, -0.1) is 0 Å². The van der Waals surface area contributed by atoms with Crippen LogP contribution in [-0.4, -0.2) is 24.1 Å². The average Bonchev–Trinajstić information content (AvgIpc) is 2.33. The minimum atomic E-state index is -0.394. The van der Waals surface area contributed by atoms with Crippen molar-refractivity contribution in [2.45, 2.75) is 26.4 Å². The average molecular weight is 271 g/mol. The quantitative estimate of drug-likeness (QED) is 0.796. The molecule has 18 heavy (non-hydrogen) atoms. The first-order valence-corrected chi connectivity index (χ1v) is 6.39. The number of unbranched alkanes of at least 4 members (excludes halogenated alkanes) is 1. The molecule has 1 aromatic rings. The van der Waals surface area contributed by atoms with Crippen LogP contribution in [0.3, 0.4) is 0 Å². The van der Waals surface area contributed by atoms with Gasteiger partial charge in [0.25, 0.3) is 0 Å². The highest BCUT2D eigenvalue weighted by molar-refractivity contribution is 6.31. The van der Waals surface area contributed by atoms with E-state index >= 15 is 0 Å². The first-order chi connectivity index (χ1) is 8.60. The van der Waals surface area contributed by atoms with Crippen molar-refractivity contribution < 1.29 is 9.90 Å². The van der Waals surface area contributed by atoms with E-state index in [1.54, 1.807) is 12.1 Å². The number of benzene rings is 1. The Balaban J connectivity index is 3.03. The molecule has 1 rings (SSSR count). The van der Waals surface area contributed by atoms with Crippen LogP contribution in [0.2, 0.25) is 5.02 Å². The lowest BCUT2D eigenvalue weighted by atomic mass is 10.1.